The van der Waals surface area contributed by atoms with Crippen molar-refractivity contribution in [3.63, 3.8) is 0 Å². The maximum Gasteiger partial charge on any atom is 0.290 e. The van der Waals surface area contributed by atoms with Gasteiger partial charge in [-0.25, -0.2) is 0 Å². The molecule has 2 aromatic heterocycles. The van der Waals surface area contributed by atoms with Gasteiger partial charge in [-0.3, -0.25) is 14.5 Å². The van der Waals surface area contributed by atoms with Crippen LogP contribution < -0.4 is 14.8 Å². The zero-order valence-electron chi connectivity index (χ0n) is 18.3. The molecular weight excluding hydrogens is 416 g/mol. The van der Waals surface area contributed by atoms with Crippen molar-refractivity contribution in [3.05, 3.63) is 55.6 Å². The second kappa shape index (κ2) is 10.4. The molecule has 0 radical (unpaired) electrons. The lowest BCUT2D eigenvalue weighted by molar-refractivity contribution is -0.122. The molecule has 0 saturated heterocycles. The minimum Gasteiger partial charge on any atom is -0.483 e. The number of carbonyl (C=O) groups is 2. The largest absolute Gasteiger partial charge is 0.483 e. The predicted octanol–water partition coefficient (Wildman–Crippen LogP) is 2.57. The summed E-state index contributed by atoms with van der Waals surface area (Å²) in [5.74, 6) is 0. The number of hydrogen-bond acceptors (Lipinski definition) is 6. The van der Waals surface area contributed by atoms with Crippen molar-refractivity contribution < 1.29 is 19.1 Å². The third-order valence-corrected chi connectivity index (χ3v) is 5.96. The minimum atomic E-state index is -0.250. The first-order valence-electron chi connectivity index (χ1n) is 9.78. The summed E-state index contributed by atoms with van der Waals surface area (Å²) < 4.78 is 6.86. The number of benzene rings is 1. The molecule has 2 N–H and O–H groups in total. The Bertz CT molecular complexity index is 1210. The van der Waals surface area contributed by atoms with Gasteiger partial charge in [0.15, 0.2) is 0 Å². The van der Waals surface area contributed by atoms with Crippen LogP contribution in [-0.4, -0.2) is 45.9 Å². The van der Waals surface area contributed by atoms with Gasteiger partial charge < -0.3 is 19.3 Å². The fraction of sp³-hybridized carbons (Fsp3) is 0.348. The maximum absolute atomic E-state index is 12.5. The molecule has 7 nitrogen and oxygen atoms in total. The summed E-state index contributed by atoms with van der Waals surface area (Å²) in [5.41, 5.74) is 2.56. The first-order chi connectivity index (χ1) is 14.6. The van der Waals surface area contributed by atoms with E-state index in [0.29, 0.717) is 11.1 Å². The highest BCUT2D eigenvalue weighted by molar-refractivity contribution is 7.07. The lowest BCUT2D eigenvalue weighted by Crippen LogP contribution is -2.48. The smallest absolute Gasteiger partial charge is 0.290 e. The highest BCUT2D eigenvalue weighted by Gasteiger charge is 2.26. The molecule has 1 atom stereocenters. The highest BCUT2D eigenvalue weighted by Crippen LogP contribution is 2.18. The Kier molecular flexibility index (Phi) is 8.13. The Hall–Kier alpha value is -2.97. The molecule has 0 aliphatic rings. The second-order valence-corrected chi connectivity index (χ2v) is 9.23. The molecule has 166 valence electrons. The summed E-state index contributed by atoms with van der Waals surface area (Å²) in [4.78, 5) is 37.2. The van der Waals surface area contributed by atoms with Gasteiger partial charge in [0.25, 0.3) is 12.0 Å². The van der Waals surface area contributed by atoms with Crippen molar-refractivity contribution >= 4 is 46.7 Å². The third kappa shape index (κ3) is 6.26. The van der Waals surface area contributed by atoms with Gasteiger partial charge in [-0.2, -0.15) is 0 Å². The molecule has 3 aromatic rings. The van der Waals surface area contributed by atoms with Crippen LogP contribution >= 0.6 is 11.3 Å². The van der Waals surface area contributed by atoms with Gasteiger partial charge in [0, 0.05) is 17.5 Å². The van der Waals surface area contributed by atoms with Crippen LogP contribution in [0.3, 0.4) is 0 Å². The lowest BCUT2D eigenvalue weighted by Gasteiger charge is -2.38. The van der Waals surface area contributed by atoms with Gasteiger partial charge in [-0.05, 0) is 70.0 Å². The van der Waals surface area contributed by atoms with E-state index in [4.69, 9.17) is 14.3 Å². The number of H-pyrrole nitrogens is 1. The van der Waals surface area contributed by atoms with Crippen LogP contribution in [0.2, 0.25) is 0 Å². The van der Waals surface area contributed by atoms with E-state index in [0.717, 1.165) is 33.1 Å². The number of hydrogen-bond donors (Lipinski definition) is 2. The standard InChI is InChI=1S/C22H26N2O3S.CH2O2/c1-14(12-24(15(2)13-25)22(3,4)5)21-23-20(26)19(28-21)11-16-6-7-18-17(10-16)8-9-27-18;2-1-3/h6-11,13,15H,12H2,1-5H3,(H,23,26);1H,(H,2,3)/b19-11-,21-14+;. The second-order valence-electron chi connectivity index (χ2n) is 8.17. The van der Waals surface area contributed by atoms with E-state index in [9.17, 15) is 9.59 Å². The minimum absolute atomic E-state index is 0.0996. The van der Waals surface area contributed by atoms with Gasteiger partial charge in [0.1, 0.15) is 11.9 Å². The van der Waals surface area contributed by atoms with Crippen molar-refractivity contribution in [2.45, 2.75) is 46.2 Å². The Labute approximate surface area is 184 Å². The lowest BCUT2D eigenvalue weighted by atomic mass is 10.0. The number of fused-ring (bicyclic) bond motifs is 1. The number of rotatable bonds is 5. The molecule has 0 aliphatic carbocycles. The van der Waals surface area contributed by atoms with Gasteiger partial charge in [0.2, 0.25) is 0 Å². The molecule has 0 amide bonds. The molecule has 0 saturated carbocycles. The number of thiazole rings is 1. The van der Waals surface area contributed by atoms with E-state index in [-0.39, 0.29) is 23.6 Å². The first kappa shape index (κ1) is 24.3. The quantitative estimate of drug-likeness (QED) is 0.586. The van der Waals surface area contributed by atoms with Crippen LogP contribution in [0.15, 0.2) is 39.7 Å². The number of aromatic nitrogens is 1. The van der Waals surface area contributed by atoms with Gasteiger partial charge in [-0.1, -0.05) is 6.07 Å². The van der Waals surface area contributed by atoms with Crippen LogP contribution in [-0.2, 0) is 9.59 Å². The van der Waals surface area contributed by atoms with Crippen LogP contribution in [0.5, 0.6) is 0 Å². The zero-order chi connectivity index (χ0) is 23.2. The number of carboxylic acid groups (broad SMARTS) is 1. The number of aldehydes is 1. The molecule has 31 heavy (non-hydrogen) atoms. The molecule has 2 heterocycles. The first-order valence-corrected chi connectivity index (χ1v) is 10.6. The molecular formula is C23H28N2O5S. The van der Waals surface area contributed by atoms with Crippen molar-refractivity contribution in [2.24, 2.45) is 0 Å². The number of nitrogens with one attached hydrogen (secondary N) is 1. The number of aromatic amines is 1. The van der Waals surface area contributed by atoms with E-state index in [1.54, 1.807) is 6.26 Å². The average molecular weight is 445 g/mol. The normalized spacial score (nSPS) is 14.2. The van der Waals surface area contributed by atoms with Crippen LogP contribution in [0.4, 0.5) is 0 Å². The maximum atomic E-state index is 12.5. The summed E-state index contributed by atoms with van der Waals surface area (Å²) in [6.45, 7) is 10.5. The van der Waals surface area contributed by atoms with E-state index in [1.165, 1.54) is 11.3 Å². The molecule has 0 aliphatic heterocycles. The van der Waals surface area contributed by atoms with E-state index < -0.39 is 0 Å². The van der Waals surface area contributed by atoms with Crippen molar-refractivity contribution in [1.82, 2.24) is 9.88 Å². The average Bonchev–Trinajstić information content (AvgIpc) is 3.31. The Morgan fingerprint density at radius 2 is 1.97 bits per heavy atom. The fourth-order valence-electron chi connectivity index (χ4n) is 3.25. The Balaban J connectivity index is 0.00000107. The number of furan rings is 1. The molecule has 8 heteroatoms. The highest BCUT2D eigenvalue weighted by atomic mass is 32.1. The Morgan fingerprint density at radius 1 is 1.29 bits per heavy atom. The van der Waals surface area contributed by atoms with Crippen LogP contribution in [0, 0.1) is 0 Å². The van der Waals surface area contributed by atoms with E-state index >= 15 is 0 Å². The van der Waals surface area contributed by atoms with E-state index in [1.807, 2.05) is 44.2 Å². The third-order valence-electron chi connectivity index (χ3n) is 4.78. The van der Waals surface area contributed by atoms with Crippen molar-refractivity contribution in [3.8, 4) is 0 Å². The molecule has 0 bridgehead atoms. The summed E-state index contributed by atoms with van der Waals surface area (Å²) in [6.07, 6.45) is 4.51. The molecule has 0 fully saturated rings. The topological polar surface area (TPSA) is 104 Å². The van der Waals surface area contributed by atoms with Gasteiger partial charge in [-0.15, -0.1) is 11.3 Å². The number of nitrogens with zero attached hydrogens (tertiary/aromatic N) is 1. The Morgan fingerprint density at radius 3 is 2.58 bits per heavy atom. The van der Waals surface area contributed by atoms with Crippen LogP contribution in [0.25, 0.3) is 22.6 Å². The molecule has 3 rings (SSSR count). The summed E-state index contributed by atoms with van der Waals surface area (Å²) in [6, 6.07) is 7.55. The molecule has 1 aromatic carbocycles. The van der Waals surface area contributed by atoms with Gasteiger partial charge in [0.05, 0.1) is 21.5 Å². The predicted molar refractivity (Wildman–Crippen MR) is 124 cm³/mol. The van der Waals surface area contributed by atoms with E-state index in [2.05, 4.69) is 30.7 Å². The van der Waals surface area contributed by atoms with Gasteiger partial charge >= 0.3 is 0 Å². The SMILES string of the molecule is C/C(CN(C(C)C=O)C(C)(C)C)=c1/[nH]c(=O)/c(=C/c2ccc3occc3c2)s1.O=CO. The summed E-state index contributed by atoms with van der Waals surface area (Å²) in [7, 11) is 0. The molecule has 0 spiro atoms. The molecule has 1 unspecified atom stereocenters. The summed E-state index contributed by atoms with van der Waals surface area (Å²) in [5, 5.41) is 7.90. The number of carbonyl (C=O) groups excluding carboxylic acids is 1. The fourth-order valence-corrected chi connectivity index (χ4v) is 4.20. The van der Waals surface area contributed by atoms with Crippen molar-refractivity contribution in [1.29, 1.82) is 0 Å². The van der Waals surface area contributed by atoms with Crippen molar-refractivity contribution in [2.75, 3.05) is 6.54 Å². The van der Waals surface area contributed by atoms with Crippen LogP contribution in [0.1, 0.15) is 40.2 Å². The summed E-state index contributed by atoms with van der Waals surface area (Å²) >= 11 is 1.44. The zero-order valence-corrected chi connectivity index (χ0v) is 19.2. The monoisotopic (exact) mass is 444 g/mol.